The van der Waals surface area contributed by atoms with Crippen LogP contribution in [0, 0.1) is 6.92 Å². The van der Waals surface area contributed by atoms with E-state index in [0.717, 1.165) is 16.8 Å². The highest BCUT2D eigenvalue weighted by molar-refractivity contribution is 5.98. The Morgan fingerprint density at radius 2 is 1.88 bits per heavy atom. The number of hydrogen-bond acceptors (Lipinski definition) is 8. The lowest BCUT2D eigenvalue weighted by Crippen LogP contribution is -2.29. The Morgan fingerprint density at radius 1 is 1.06 bits per heavy atom. The number of amides is 1. The Balaban J connectivity index is 1.51. The van der Waals surface area contributed by atoms with Crippen LogP contribution in [0.5, 0.6) is 0 Å². The maximum Gasteiger partial charge on any atom is 0.303 e. The molecule has 9 nitrogen and oxygen atoms in total. The first-order chi connectivity index (χ1) is 15.9. The Morgan fingerprint density at radius 3 is 2.61 bits per heavy atom. The number of para-hydroxylation sites is 1. The molecular weight excluding hydrogens is 424 g/mol. The molecule has 2 heterocycles. The van der Waals surface area contributed by atoms with Crippen molar-refractivity contribution in [3.8, 4) is 22.6 Å². The number of carbonyl (C=O) groups is 2. The van der Waals surface area contributed by atoms with E-state index in [1.54, 1.807) is 30.6 Å². The van der Waals surface area contributed by atoms with Crippen molar-refractivity contribution in [2.75, 3.05) is 10.6 Å². The number of anilines is 3. The Hall–Kier alpha value is -4.40. The lowest BCUT2D eigenvalue weighted by atomic mass is 10.1. The van der Waals surface area contributed by atoms with Crippen LogP contribution in [-0.2, 0) is 14.3 Å². The summed E-state index contributed by atoms with van der Waals surface area (Å²) in [5.41, 5.74) is 3.88. The highest BCUT2D eigenvalue weighted by Crippen LogP contribution is 2.32. The van der Waals surface area contributed by atoms with E-state index in [-0.39, 0.29) is 0 Å². The molecule has 0 saturated carbocycles. The van der Waals surface area contributed by atoms with Crippen molar-refractivity contribution in [3.63, 3.8) is 0 Å². The SMILES string of the molecule is CC(=O)OC(C)C(=O)Nc1ccccc1-c1cnc(Nc2ccc(-c3cnco3)c(C)c2)o1. The van der Waals surface area contributed by atoms with Crippen LogP contribution in [0.1, 0.15) is 19.4 Å². The molecule has 0 radical (unpaired) electrons. The van der Waals surface area contributed by atoms with Crippen molar-refractivity contribution >= 4 is 29.3 Å². The third kappa shape index (κ3) is 5.09. The Labute approximate surface area is 189 Å². The first-order valence-corrected chi connectivity index (χ1v) is 10.2. The van der Waals surface area contributed by atoms with Crippen molar-refractivity contribution in [1.29, 1.82) is 0 Å². The summed E-state index contributed by atoms with van der Waals surface area (Å²) in [5.74, 6) is 0.182. The van der Waals surface area contributed by atoms with Crippen LogP contribution in [0.3, 0.4) is 0 Å². The molecule has 0 bridgehead atoms. The van der Waals surface area contributed by atoms with Crippen LogP contribution in [0.2, 0.25) is 0 Å². The lowest BCUT2D eigenvalue weighted by Gasteiger charge is -2.14. The molecule has 4 rings (SSSR count). The van der Waals surface area contributed by atoms with E-state index in [0.29, 0.717) is 28.8 Å². The molecule has 1 amide bonds. The van der Waals surface area contributed by atoms with Gasteiger partial charge in [-0.25, -0.2) is 9.97 Å². The molecule has 2 aromatic carbocycles. The number of nitrogens with zero attached hydrogens (tertiary/aromatic N) is 2. The fourth-order valence-corrected chi connectivity index (χ4v) is 3.29. The summed E-state index contributed by atoms with van der Waals surface area (Å²) in [6.07, 6.45) is 3.70. The molecule has 33 heavy (non-hydrogen) atoms. The zero-order valence-electron chi connectivity index (χ0n) is 18.3. The van der Waals surface area contributed by atoms with Crippen LogP contribution in [0.4, 0.5) is 17.4 Å². The smallest absolute Gasteiger partial charge is 0.303 e. The van der Waals surface area contributed by atoms with Crippen molar-refractivity contribution in [2.24, 2.45) is 0 Å². The molecule has 0 saturated heterocycles. The molecule has 0 fully saturated rings. The number of nitrogens with one attached hydrogen (secondary N) is 2. The number of hydrogen-bond donors (Lipinski definition) is 2. The maximum absolute atomic E-state index is 12.4. The summed E-state index contributed by atoms with van der Waals surface area (Å²) >= 11 is 0. The molecule has 4 aromatic rings. The van der Waals surface area contributed by atoms with Crippen molar-refractivity contribution in [2.45, 2.75) is 26.9 Å². The molecule has 1 unspecified atom stereocenters. The number of rotatable bonds is 7. The predicted octanol–water partition coefficient (Wildman–Crippen LogP) is 4.94. The average molecular weight is 446 g/mol. The average Bonchev–Trinajstić information content (AvgIpc) is 3.46. The van der Waals surface area contributed by atoms with E-state index in [1.807, 2.05) is 31.2 Å². The molecule has 0 aliphatic heterocycles. The van der Waals surface area contributed by atoms with E-state index in [2.05, 4.69) is 20.6 Å². The summed E-state index contributed by atoms with van der Waals surface area (Å²) in [7, 11) is 0. The van der Waals surface area contributed by atoms with Crippen molar-refractivity contribution in [3.05, 3.63) is 66.8 Å². The van der Waals surface area contributed by atoms with Crippen LogP contribution in [0.25, 0.3) is 22.6 Å². The topological polar surface area (TPSA) is 119 Å². The number of esters is 1. The molecule has 2 N–H and O–H groups in total. The zero-order valence-corrected chi connectivity index (χ0v) is 18.3. The number of carbonyl (C=O) groups excluding carboxylic acids is 2. The Kier molecular flexibility index (Phi) is 6.21. The summed E-state index contributed by atoms with van der Waals surface area (Å²) in [6.45, 7) is 4.73. The second-order valence-electron chi connectivity index (χ2n) is 7.34. The summed E-state index contributed by atoms with van der Waals surface area (Å²) in [6, 6.07) is 13.2. The van der Waals surface area contributed by atoms with E-state index in [9.17, 15) is 9.59 Å². The second kappa shape index (κ2) is 9.39. The summed E-state index contributed by atoms with van der Waals surface area (Å²) < 4.78 is 16.2. The first kappa shape index (κ1) is 21.8. The van der Waals surface area contributed by atoms with Gasteiger partial charge in [-0.15, -0.1) is 0 Å². The van der Waals surface area contributed by atoms with Crippen LogP contribution in [-0.4, -0.2) is 27.9 Å². The summed E-state index contributed by atoms with van der Waals surface area (Å²) in [4.78, 5) is 31.7. The third-order valence-corrected chi connectivity index (χ3v) is 4.84. The van der Waals surface area contributed by atoms with Gasteiger partial charge in [-0.05, 0) is 49.7 Å². The molecule has 0 aliphatic rings. The molecule has 168 valence electrons. The normalized spacial score (nSPS) is 11.6. The van der Waals surface area contributed by atoms with Gasteiger partial charge in [-0.3, -0.25) is 9.59 Å². The number of aromatic nitrogens is 2. The van der Waals surface area contributed by atoms with Crippen molar-refractivity contribution in [1.82, 2.24) is 9.97 Å². The van der Waals surface area contributed by atoms with Gasteiger partial charge in [0.1, 0.15) is 0 Å². The number of ether oxygens (including phenoxy) is 1. The van der Waals surface area contributed by atoms with Crippen LogP contribution in [0.15, 0.2) is 70.1 Å². The minimum atomic E-state index is -0.925. The lowest BCUT2D eigenvalue weighted by molar-refractivity contribution is -0.150. The van der Waals surface area contributed by atoms with Crippen LogP contribution < -0.4 is 10.6 Å². The fraction of sp³-hybridized carbons (Fsp3) is 0.167. The minimum Gasteiger partial charge on any atom is -0.453 e. The summed E-state index contributed by atoms with van der Waals surface area (Å²) in [5, 5.41) is 5.90. The van der Waals surface area contributed by atoms with Gasteiger partial charge in [0.05, 0.1) is 18.1 Å². The van der Waals surface area contributed by atoms with E-state index in [1.165, 1.54) is 20.2 Å². The van der Waals surface area contributed by atoms with Gasteiger partial charge < -0.3 is 24.2 Å². The molecule has 9 heteroatoms. The molecule has 0 spiro atoms. The quantitative estimate of drug-likeness (QED) is 0.383. The number of aryl methyl sites for hydroxylation is 1. The largest absolute Gasteiger partial charge is 0.453 e. The molecule has 1 atom stereocenters. The van der Waals surface area contributed by atoms with Gasteiger partial charge in [-0.2, -0.15) is 0 Å². The second-order valence-corrected chi connectivity index (χ2v) is 7.34. The molecular formula is C24H22N4O5. The fourth-order valence-electron chi connectivity index (χ4n) is 3.29. The van der Waals surface area contributed by atoms with Crippen molar-refractivity contribution < 1.29 is 23.2 Å². The molecule has 2 aromatic heterocycles. The first-order valence-electron chi connectivity index (χ1n) is 10.2. The number of oxazole rings is 2. The maximum atomic E-state index is 12.4. The molecule has 0 aliphatic carbocycles. The van der Waals surface area contributed by atoms with E-state index >= 15 is 0 Å². The van der Waals surface area contributed by atoms with Gasteiger partial charge in [0.15, 0.2) is 24.0 Å². The monoisotopic (exact) mass is 446 g/mol. The van der Waals surface area contributed by atoms with Gasteiger partial charge in [0, 0.05) is 23.7 Å². The zero-order chi connectivity index (χ0) is 23.4. The predicted molar refractivity (Wildman–Crippen MR) is 122 cm³/mol. The van der Waals surface area contributed by atoms with Gasteiger partial charge in [0.25, 0.3) is 11.9 Å². The highest BCUT2D eigenvalue weighted by atomic mass is 16.5. The van der Waals surface area contributed by atoms with Gasteiger partial charge >= 0.3 is 5.97 Å². The van der Waals surface area contributed by atoms with E-state index in [4.69, 9.17) is 13.6 Å². The van der Waals surface area contributed by atoms with Gasteiger partial charge in [-0.1, -0.05) is 12.1 Å². The number of benzene rings is 2. The highest BCUT2D eigenvalue weighted by Gasteiger charge is 2.19. The van der Waals surface area contributed by atoms with Crippen LogP contribution >= 0.6 is 0 Å². The third-order valence-electron chi connectivity index (χ3n) is 4.84. The van der Waals surface area contributed by atoms with Gasteiger partial charge in [0.2, 0.25) is 0 Å². The minimum absolute atomic E-state index is 0.297. The van der Waals surface area contributed by atoms with E-state index < -0.39 is 18.0 Å². The standard InChI is InChI=1S/C24H22N4O5/c1-14-10-17(8-9-18(14)21-11-25-13-31-21)27-24-26-12-22(33-24)19-6-4-5-7-20(19)28-23(30)15(2)32-16(3)29/h4-13,15H,1-3H3,(H,26,27)(H,28,30). The Bertz CT molecular complexity index is 1280.